The fourth-order valence-electron chi connectivity index (χ4n) is 1.49. The van der Waals surface area contributed by atoms with Crippen molar-refractivity contribution < 1.29 is 29.0 Å². The Morgan fingerprint density at radius 3 is 2.40 bits per heavy atom. The van der Waals surface area contributed by atoms with E-state index >= 15 is 0 Å². The van der Waals surface area contributed by atoms with Crippen molar-refractivity contribution in [3.05, 3.63) is 35.9 Å². The molecule has 0 amide bonds. The third-order valence-corrected chi connectivity index (χ3v) is 2.44. The highest BCUT2D eigenvalue weighted by Gasteiger charge is 2.22. The number of rotatable bonds is 7. The quantitative estimate of drug-likeness (QED) is 0.762. The zero-order valence-electron chi connectivity index (χ0n) is 11.1. The van der Waals surface area contributed by atoms with Gasteiger partial charge >= 0.3 is 17.9 Å². The summed E-state index contributed by atoms with van der Waals surface area (Å²) in [5.74, 6) is -2.52. The lowest BCUT2D eigenvalue weighted by molar-refractivity contribution is -0.164. The number of aliphatic carboxylic acids is 1. The fourth-order valence-corrected chi connectivity index (χ4v) is 1.49. The molecule has 0 bridgehead atoms. The molecule has 0 aliphatic rings. The zero-order valence-corrected chi connectivity index (χ0v) is 11.1. The molecule has 0 aliphatic carbocycles. The summed E-state index contributed by atoms with van der Waals surface area (Å²) in [7, 11) is 0. The summed E-state index contributed by atoms with van der Waals surface area (Å²) in [5, 5.41) is 8.81. The molecule has 1 atom stereocenters. The molecule has 0 radical (unpaired) electrons. The molecule has 0 aromatic heterocycles. The Morgan fingerprint density at radius 1 is 1.20 bits per heavy atom. The van der Waals surface area contributed by atoms with Gasteiger partial charge in [-0.3, -0.25) is 9.59 Å². The minimum Gasteiger partial charge on any atom is -0.479 e. The van der Waals surface area contributed by atoms with E-state index < -0.39 is 24.0 Å². The standard InChI is InChI=1S/C14H16O6/c1-10(15)20-12(14(17)18)7-8-13(16)19-9-11-5-3-2-4-6-11/h2-6,12H,7-9H2,1H3,(H,17,18). The second-order valence-electron chi connectivity index (χ2n) is 4.12. The number of hydrogen-bond donors (Lipinski definition) is 1. The summed E-state index contributed by atoms with van der Waals surface area (Å²) in [6.07, 6.45) is -1.56. The Labute approximate surface area is 116 Å². The Morgan fingerprint density at radius 2 is 1.85 bits per heavy atom. The molecule has 20 heavy (non-hydrogen) atoms. The number of benzene rings is 1. The first-order valence-electron chi connectivity index (χ1n) is 6.08. The summed E-state index contributed by atoms with van der Waals surface area (Å²) in [4.78, 5) is 33.0. The lowest BCUT2D eigenvalue weighted by Gasteiger charge is -2.11. The van der Waals surface area contributed by atoms with Crippen LogP contribution in [0.1, 0.15) is 25.3 Å². The van der Waals surface area contributed by atoms with Gasteiger partial charge in [0.15, 0.2) is 6.10 Å². The first-order valence-corrected chi connectivity index (χ1v) is 6.08. The van der Waals surface area contributed by atoms with Gasteiger partial charge in [0.05, 0.1) is 0 Å². The average molecular weight is 280 g/mol. The van der Waals surface area contributed by atoms with Crippen molar-refractivity contribution in [1.29, 1.82) is 0 Å². The van der Waals surface area contributed by atoms with Crippen LogP contribution >= 0.6 is 0 Å². The summed E-state index contributed by atoms with van der Waals surface area (Å²) >= 11 is 0. The van der Waals surface area contributed by atoms with Crippen LogP contribution in [0.5, 0.6) is 0 Å². The van der Waals surface area contributed by atoms with Gasteiger partial charge in [0, 0.05) is 19.8 Å². The molecular weight excluding hydrogens is 264 g/mol. The van der Waals surface area contributed by atoms with Gasteiger partial charge in [0.1, 0.15) is 6.61 Å². The van der Waals surface area contributed by atoms with Gasteiger partial charge in [-0.05, 0) is 5.56 Å². The minimum atomic E-state index is -1.32. The average Bonchev–Trinajstić information content (AvgIpc) is 2.41. The van der Waals surface area contributed by atoms with E-state index in [1.807, 2.05) is 30.3 Å². The summed E-state index contributed by atoms with van der Waals surface area (Å²) < 4.78 is 9.57. The van der Waals surface area contributed by atoms with Gasteiger partial charge in [0.2, 0.25) is 0 Å². The maximum atomic E-state index is 11.5. The summed E-state index contributed by atoms with van der Waals surface area (Å²) in [6.45, 7) is 1.24. The Balaban J connectivity index is 2.34. The van der Waals surface area contributed by atoms with Crippen LogP contribution in [0.25, 0.3) is 0 Å². The molecule has 1 aromatic carbocycles. The smallest absolute Gasteiger partial charge is 0.345 e. The van der Waals surface area contributed by atoms with Crippen LogP contribution in [0.15, 0.2) is 30.3 Å². The number of carboxylic acid groups (broad SMARTS) is 1. The van der Waals surface area contributed by atoms with E-state index in [0.717, 1.165) is 12.5 Å². The number of carboxylic acids is 1. The first kappa shape index (κ1) is 15.7. The van der Waals surface area contributed by atoms with E-state index in [0.29, 0.717) is 0 Å². The number of carbonyl (C=O) groups excluding carboxylic acids is 2. The van der Waals surface area contributed by atoms with Crippen molar-refractivity contribution >= 4 is 17.9 Å². The van der Waals surface area contributed by atoms with Gasteiger partial charge in [0.25, 0.3) is 0 Å². The highest BCUT2D eigenvalue weighted by Crippen LogP contribution is 2.07. The molecule has 0 saturated heterocycles. The predicted octanol–water partition coefficient (Wildman–Crippen LogP) is 1.53. The molecule has 0 spiro atoms. The lowest BCUT2D eigenvalue weighted by Crippen LogP contribution is -2.27. The van der Waals surface area contributed by atoms with Crippen molar-refractivity contribution in [3.63, 3.8) is 0 Å². The number of hydrogen-bond acceptors (Lipinski definition) is 5. The van der Waals surface area contributed by atoms with Crippen molar-refractivity contribution in [3.8, 4) is 0 Å². The molecule has 1 unspecified atom stereocenters. The van der Waals surface area contributed by atoms with Crippen LogP contribution in [0.2, 0.25) is 0 Å². The molecular formula is C14H16O6. The van der Waals surface area contributed by atoms with E-state index in [1.54, 1.807) is 0 Å². The first-order chi connectivity index (χ1) is 9.49. The van der Waals surface area contributed by atoms with Crippen LogP contribution < -0.4 is 0 Å². The Bertz CT molecular complexity index is 468. The topological polar surface area (TPSA) is 89.9 Å². The molecule has 0 heterocycles. The van der Waals surface area contributed by atoms with E-state index in [2.05, 4.69) is 4.74 Å². The number of esters is 2. The third kappa shape index (κ3) is 5.99. The summed E-state index contributed by atoms with van der Waals surface area (Å²) in [5.41, 5.74) is 0.843. The highest BCUT2D eigenvalue weighted by molar-refractivity contribution is 5.78. The van der Waals surface area contributed by atoms with E-state index in [-0.39, 0.29) is 19.4 Å². The molecule has 6 nitrogen and oxygen atoms in total. The minimum absolute atomic E-state index is 0.109. The van der Waals surface area contributed by atoms with Crippen LogP contribution in [0, 0.1) is 0 Å². The lowest BCUT2D eigenvalue weighted by atomic mass is 10.2. The Kier molecular flexibility index (Phi) is 6.22. The van der Waals surface area contributed by atoms with Crippen LogP contribution in [0.3, 0.4) is 0 Å². The largest absolute Gasteiger partial charge is 0.479 e. The molecule has 1 N–H and O–H groups in total. The van der Waals surface area contributed by atoms with Crippen LogP contribution in [0.4, 0.5) is 0 Å². The maximum Gasteiger partial charge on any atom is 0.345 e. The molecule has 0 fully saturated rings. The molecule has 108 valence electrons. The monoisotopic (exact) mass is 280 g/mol. The van der Waals surface area contributed by atoms with Gasteiger partial charge in [-0.15, -0.1) is 0 Å². The Hall–Kier alpha value is -2.37. The second-order valence-corrected chi connectivity index (χ2v) is 4.12. The predicted molar refractivity (Wildman–Crippen MR) is 68.7 cm³/mol. The SMILES string of the molecule is CC(=O)OC(CCC(=O)OCc1ccccc1)C(=O)O. The fraction of sp³-hybridized carbons (Fsp3) is 0.357. The normalized spacial score (nSPS) is 11.4. The molecule has 0 saturated carbocycles. The van der Waals surface area contributed by atoms with Crippen molar-refractivity contribution in [2.24, 2.45) is 0 Å². The molecule has 1 rings (SSSR count). The van der Waals surface area contributed by atoms with Crippen molar-refractivity contribution in [2.45, 2.75) is 32.5 Å². The van der Waals surface area contributed by atoms with E-state index in [4.69, 9.17) is 9.84 Å². The zero-order chi connectivity index (χ0) is 15.0. The van der Waals surface area contributed by atoms with Gasteiger partial charge in [-0.25, -0.2) is 4.79 Å². The van der Waals surface area contributed by atoms with Crippen molar-refractivity contribution in [2.75, 3.05) is 0 Å². The van der Waals surface area contributed by atoms with Crippen LogP contribution in [-0.2, 0) is 30.5 Å². The second kappa shape index (κ2) is 7.93. The maximum absolute atomic E-state index is 11.5. The summed E-state index contributed by atoms with van der Waals surface area (Å²) in [6, 6.07) is 9.12. The van der Waals surface area contributed by atoms with E-state index in [1.165, 1.54) is 0 Å². The van der Waals surface area contributed by atoms with Gasteiger partial charge < -0.3 is 14.6 Å². The van der Waals surface area contributed by atoms with E-state index in [9.17, 15) is 14.4 Å². The van der Waals surface area contributed by atoms with Crippen LogP contribution in [-0.4, -0.2) is 29.1 Å². The number of ether oxygens (including phenoxy) is 2. The third-order valence-electron chi connectivity index (χ3n) is 2.44. The molecule has 6 heteroatoms. The highest BCUT2D eigenvalue weighted by atomic mass is 16.6. The van der Waals surface area contributed by atoms with Gasteiger partial charge in [-0.2, -0.15) is 0 Å². The number of carbonyl (C=O) groups is 3. The molecule has 1 aromatic rings. The van der Waals surface area contributed by atoms with Gasteiger partial charge in [-0.1, -0.05) is 30.3 Å². The molecule has 0 aliphatic heterocycles. The van der Waals surface area contributed by atoms with Crippen molar-refractivity contribution in [1.82, 2.24) is 0 Å².